The van der Waals surface area contributed by atoms with Crippen LogP contribution in [-0.4, -0.2) is 15.2 Å². The fraction of sp³-hybridized carbons (Fsp3) is 0.143. The molecule has 0 aliphatic carbocycles. The van der Waals surface area contributed by atoms with Gasteiger partial charge in [-0.2, -0.15) is 0 Å². The first-order valence-corrected chi connectivity index (χ1v) is 10.7. The summed E-state index contributed by atoms with van der Waals surface area (Å²) in [5.74, 6) is 4.27. The Labute approximate surface area is 138 Å². The van der Waals surface area contributed by atoms with Crippen LogP contribution in [0.2, 0.25) is 13.1 Å². The summed E-state index contributed by atoms with van der Waals surface area (Å²) < 4.78 is 5.27. The highest BCUT2D eigenvalue weighted by atomic mass is 28.3. The molecule has 0 aliphatic rings. The van der Waals surface area contributed by atoms with Gasteiger partial charge in [0.05, 0.1) is 7.11 Å². The van der Waals surface area contributed by atoms with Crippen molar-refractivity contribution in [1.29, 1.82) is 0 Å². The monoisotopic (exact) mass is 316 g/mol. The summed E-state index contributed by atoms with van der Waals surface area (Å²) in [6.45, 7) is 4.59. The maximum atomic E-state index is 5.27. The lowest BCUT2D eigenvalue weighted by molar-refractivity contribution is 0.415. The van der Waals surface area contributed by atoms with Crippen LogP contribution in [0.25, 0.3) is 10.8 Å². The molecule has 0 saturated carbocycles. The third-order valence-corrected chi connectivity index (χ3v) is 6.59. The molecule has 0 aromatic heterocycles. The molecule has 0 radical (unpaired) electrons. The number of hydrogen-bond acceptors (Lipinski definition) is 1. The van der Waals surface area contributed by atoms with E-state index < -0.39 is 8.07 Å². The van der Waals surface area contributed by atoms with Crippen LogP contribution >= 0.6 is 0 Å². The maximum absolute atomic E-state index is 5.27. The van der Waals surface area contributed by atoms with Crippen molar-refractivity contribution >= 4 is 24.0 Å². The molecule has 0 saturated heterocycles. The predicted octanol–water partition coefficient (Wildman–Crippen LogP) is 4.35. The predicted molar refractivity (Wildman–Crippen MR) is 101 cm³/mol. The second-order valence-corrected chi connectivity index (χ2v) is 10.2. The van der Waals surface area contributed by atoms with Crippen molar-refractivity contribution in [3.63, 3.8) is 0 Å². The SMILES string of the molecule is COc1ccc2cc(C#C[Si](C)(C)c3ccccc3)ccc2c1. The Morgan fingerprint density at radius 3 is 2.26 bits per heavy atom. The molecule has 0 fully saturated rings. The standard InChI is InChI=1S/C21H20OSi/c1-22-20-12-11-18-15-17(9-10-19(18)16-20)13-14-23(2,3)21-7-5-4-6-8-21/h4-12,15-16H,1-3H3. The molecule has 3 aromatic carbocycles. The van der Waals surface area contributed by atoms with Gasteiger partial charge >= 0.3 is 0 Å². The zero-order chi connectivity index (χ0) is 16.3. The first kappa shape index (κ1) is 15.4. The lowest BCUT2D eigenvalue weighted by Crippen LogP contribution is -2.39. The van der Waals surface area contributed by atoms with Crippen LogP contribution in [0, 0.1) is 11.5 Å². The quantitative estimate of drug-likeness (QED) is 0.504. The third kappa shape index (κ3) is 3.47. The molecular weight excluding hydrogens is 296 g/mol. The van der Waals surface area contributed by atoms with Gasteiger partial charge in [0.15, 0.2) is 8.07 Å². The molecule has 0 amide bonds. The number of ether oxygens (including phenoxy) is 1. The lowest BCUT2D eigenvalue weighted by atomic mass is 10.1. The Kier molecular flexibility index (Phi) is 4.23. The second-order valence-electron chi connectivity index (χ2n) is 6.17. The fourth-order valence-electron chi connectivity index (χ4n) is 2.58. The van der Waals surface area contributed by atoms with Gasteiger partial charge in [-0.05, 0) is 40.2 Å². The van der Waals surface area contributed by atoms with Crippen LogP contribution in [0.4, 0.5) is 0 Å². The van der Waals surface area contributed by atoms with Crippen LogP contribution in [0.15, 0.2) is 66.7 Å². The van der Waals surface area contributed by atoms with Crippen molar-refractivity contribution in [2.45, 2.75) is 13.1 Å². The summed E-state index contributed by atoms with van der Waals surface area (Å²) in [6.07, 6.45) is 0. The van der Waals surface area contributed by atoms with Crippen LogP contribution in [0.5, 0.6) is 5.75 Å². The van der Waals surface area contributed by atoms with Crippen LogP contribution in [0.3, 0.4) is 0 Å². The summed E-state index contributed by atoms with van der Waals surface area (Å²) in [7, 11) is -0.0338. The molecule has 0 N–H and O–H groups in total. The second kappa shape index (κ2) is 6.32. The highest BCUT2D eigenvalue weighted by Gasteiger charge is 2.20. The molecule has 0 unspecified atom stereocenters. The summed E-state index contributed by atoms with van der Waals surface area (Å²) in [6, 6.07) is 23.1. The largest absolute Gasteiger partial charge is 0.497 e. The van der Waals surface area contributed by atoms with Crippen molar-refractivity contribution in [2.24, 2.45) is 0 Å². The van der Waals surface area contributed by atoms with Crippen LogP contribution in [-0.2, 0) is 0 Å². The average molecular weight is 316 g/mol. The maximum Gasteiger partial charge on any atom is 0.163 e. The van der Waals surface area contributed by atoms with Crippen molar-refractivity contribution in [3.8, 4) is 17.2 Å². The fourth-order valence-corrected chi connectivity index (χ4v) is 4.21. The molecule has 0 bridgehead atoms. The first-order chi connectivity index (χ1) is 11.1. The Bertz CT molecular complexity index is 886. The van der Waals surface area contributed by atoms with Gasteiger partial charge in [0.25, 0.3) is 0 Å². The highest BCUT2D eigenvalue weighted by Crippen LogP contribution is 2.21. The van der Waals surface area contributed by atoms with E-state index in [1.807, 2.05) is 6.07 Å². The normalized spacial score (nSPS) is 10.9. The molecule has 0 atom stereocenters. The van der Waals surface area contributed by atoms with Gasteiger partial charge in [0.2, 0.25) is 0 Å². The summed E-state index contributed by atoms with van der Waals surface area (Å²) in [5, 5.41) is 3.74. The Morgan fingerprint density at radius 1 is 0.826 bits per heavy atom. The Morgan fingerprint density at radius 2 is 1.52 bits per heavy atom. The first-order valence-electron chi connectivity index (χ1n) is 7.75. The van der Waals surface area contributed by atoms with E-state index >= 15 is 0 Å². The smallest absolute Gasteiger partial charge is 0.163 e. The van der Waals surface area contributed by atoms with E-state index in [0.29, 0.717) is 0 Å². The minimum absolute atomic E-state index is 0.883. The van der Waals surface area contributed by atoms with Gasteiger partial charge in [-0.1, -0.05) is 61.5 Å². The van der Waals surface area contributed by atoms with Crippen molar-refractivity contribution in [2.75, 3.05) is 7.11 Å². The lowest BCUT2D eigenvalue weighted by Gasteiger charge is -2.14. The van der Waals surface area contributed by atoms with Gasteiger partial charge in [-0.3, -0.25) is 0 Å². The molecular formula is C21H20OSi. The van der Waals surface area contributed by atoms with Crippen molar-refractivity contribution < 1.29 is 4.74 Å². The van der Waals surface area contributed by atoms with E-state index in [-0.39, 0.29) is 0 Å². The van der Waals surface area contributed by atoms with E-state index in [2.05, 4.69) is 85.2 Å². The van der Waals surface area contributed by atoms with Gasteiger partial charge < -0.3 is 4.74 Å². The van der Waals surface area contributed by atoms with Gasteiger partial charge in [-0.15, -0.1) is 5.54 Å². The number of benzene rings is 3. The molecule has 114 valence electrons. The van der Waals surface area contributed by atoms with Crippen molar-refractivity contribution in [1.82, 2.24) is 0 Å². The minimum atomic E-state index is -1.73. The summed E-state index contributed by atoms with van der Waals surface area (Å²) in [5.41, 5.74) is 4.61. The molecule has 0 aliphatic heterocycles. The van der Waals surface area contributed by atoms with Gasteiger partial charge in [0, 0.05) is 5.56 Å². The molecule has 0 heterocycles. The van der Waals surface area contributed by atoms with E-state index in [1.165, 1.54) is 16.0 Å². The zero-order valence-corrected chi connectivity index (χ0v) is 14.8. The number of hydrogen-bond donors (Lipinski definition) is 0. The van der Waals surface area contributed by atoms with E-state index in [0.717, 1.165) is 11.3 Å². The third-order valence-electron chi connectivity index (χ3n) is 4.06. The number of fused-ring (bicyclic) bond motifs is 1. The van der Waals surface area contributed by atoms with Crippen molar-refractivity contribution in [3.05, 3.63) is 72.3 Å². The Hall–Kier alpha value is -2.50. The van der Waals surface area contributed by atoms with E-state index in [9.17, 15) is 0 Å². The Balaban J connectivity index is 1.93. The minimum Gasteiger partial charge on any atom is -0.497 e. The topological polar surface area (TPSA) is 9.23 Å². The van der Waals surface area contributed by atoms with Gasteiger partial charge in [0.1, 0.15) is 5.75 Å². The molecule has 3 rings (SSSR count). The molecule has 2 heteroatoms. The molecule has 3 aromatic rings. The van der Waals surface area contributed by atoms with E-state index in [1.54, 1.807) is 7.11 Å². The molecule has 0 spiro atoms. The van der Waals surface area contributed by atoms with Crippen LogP contribution in [0.1, 0.15) is 5.56 Å². The van der Waals surface area contributed by atoms with Crippen LogP contribution < -0.4 is 9.92 Å². The highest BCUT2D eigenvalue weighted by molar-refractivity contribution is 6.96. The molecule has 23 heavy (non-hydrogen) atoms. The zero-order valence-electron chi connectivity index (χ0n) is 13.8. The number of rotatable bonds is 2. The van der Waals surface area contributed by atoms with Gasteiger partial charge in [-0.25, -0.2) is 0 Å². The summed E-state index contributed by atoms with van der Waals surface area (Å²) >= 11 is 0. The molecule has 1 nitrogen and oxygen atoms in total. The summed E-state index contributed by atoms with van der Waals surface area (Å²) in [4.78, 5) is 0. The van der Waals surface area contributed by atoms with E-state index in [4.69, 9.17) is 4.74 Å². The average Bonchev–Trinajstić information content (AvgIpc) is 2.60. The number of methoxy groups -OCH3 is 1.